The number of aryl methyl sites for hydroxylation is 1. The second kappa shape index (κ2) is 12.0. The van der Waals surface area contributed by atoms with Crippen molar-refractivity contribution >= 4 is 45.8 Å². The van der Waals surface area contributed by atoms with Crippen LogP contribution in [0.5, 0.6) is 0 Å². The third-order valence-electron chi connectivity index (χ3n) is 6.50. The maximum absolute atomic E-state index is 13.9. The topological polar surface area (TPSA) is 70.5 Å². The summed E-state index contributed by atoms with van der Waals surface area (Å²) in [6.07, 6.45) is 0.737. The number of aromatic nitrogens is 2. The van der Waals surface area contributed by atoms with Crippen molar-refractivity contribution in [3.8, 4) is 5.69 Å². The van der Waals surface area contributed by atoms with E-state index >= 15 is 0 Å². The summed E-state index contributed by atoms with van der Waals surface area (Å²) in [5.74, 6) is 0.473. The first-order chi connectivity index (χ1) is 18.2. The molecule has 0 aliphatic heterocycles. The number of hydrogen-bond acceptors (Lipinski definition) is 4. The summed E-state index contributed by atoms with van der Waals surface area (Å²) >= 11 is 12.5. The largest absolute Gasteiger partial charge is 0.322 e. The van der Waals surface area contributed by atoms with E-state index in [1.54, 1.807) is 33.7 Å². The van der Waals surface area contributed by atoms with Gasteiger partial charge in [0, 0.05) is 13.1 Å². The van der Waals surface area contributed by atoms with Gasteiger partial charge < -0.3 is 15.1 Å². The molecule has 0 aliphatic carbocycles. The summed E-state index contributed by atoms with van der Waals surface area (Å²) in [5.41, 5.74) is 2.58. The SMILES string of the molecule is CCc1ccccc1-n1c(C(C)N(CCN(C)C)C(=O)Nc2cccc(Cl)c2Cl)nc2ccccc2c1=O. The Kier molecular flexibility index (Phi) is 8.72. The molecule has 4 rings (SSSR count). The highest BCUT2D eigenvalue weighted by molar-refractivity contribution is 6.43. The second-order valence-electron chi connectivity index (χ2n) is 9.31. The van der Waals surface area contributed by atoms with Crippen molar-refractivity contribution in [2.24, 2.45) is 0 Å². The number of nitrogens with zero attached hydrogens (tertiary/aromatic N) is 4. The Bertz CT molecular complexity index is 1520. The molecule has 3 aromatic carbocycles. The summed E-state index contributed by atoms with van der Waals surface area (Å²) in [6, 6.07) is 19.2. The van der Waals surface area contributed by atoms with E-state index in [1.165, 1.54) is 0 Å². The lowest BCUT2D eigenvalue weighted by molar-refractivity contribution is 0.181. The lowest BCUT2D eigenvalue weighted by Crippen LogP contribution is -2.43. The molecule has 2 amide bonds. The van der Waals surface area contributed by atoms with Gasteiger partial charge in [0.1, 0.15) is 5.82 Å². The fraction of sp³-hybridized carbons (Fsp3) is 0.276. The Hall–Kier alpha value is -3.39. The normalized spacial score (nSPS) is 12.1. The van der Waals surface area contributed by atoms with Gasteiger partial charge in [-0.15, -0.1) is 0 Å². The Morgan fingerprint density at radius 3 is 2.45 bits per heavy atom. The van der Waals surface area contributed by atoms with E-state index in [-0.39, 0.29) is 16.6 Å². The van der Waals surface area contributed by atoms with Crippen LogP contribution in [0.3, 0.4) is 0 Å². The molecule has 198 valence electrons. The van der Waals surface area contributed by atoms with Gasteiger partial charge in [-0.3, -0.25) is 9.36 Å². The summed E-state index contributed by atoms with van der Waals surface area (Å²) in [6.45, 7) is 4.92. The molecular formula is C29H31Cl2N5O2. The Balaban J connectivity index is 1.87. The van der Waals surface area contributed by atoms with Crippen molar-refractivity contribution in [3.05, 3.63) is 98.5 Å². The van der Waals surface area contributed by atoms with Gasteiger partial charge in [-0.25, -0.2) is 9.78 Å². The van der Waals surface area contributed by atoms with Crippen LogP contribution in [0.1, 0.15) is 31.3 Å². The summed E-state index contributed by atoms with van der Waals surface area (Å²) < 4.78 is 1.65. The van der Waals surface area contributed by atoms with E-state index in [0.717, 1.165) is 17.7 Å². The number of benzene rings is 3. The molecule has 0 fully saturated rings. The Morgan fingerprint density at radius 1 is 1.00 bits per heavy atom. The maximum Gasteiger partial charge on any atom is 0.322 e. The molecule has 0 radical (unpaired) electrons. The van der Waals surface area contributed by atoms with Crippen LogP contribution >= 0.6 is 23.2 Å². The number of likely N-dealkylation sites (N-methyl/N-ethyl adjacent to an activating group) is 1. The Morgan fingerprint density at radius 2 is 1.71 bits per heavy atom. The van der Waals surface area contributed by atoms with E-state index in [1.807, 2.05) is 75.3 Å². The van der Waals surface area contributed by atoms with Crippen LogP contribution in [0.2, 0.25) is 10.0 Å². The van der Waals surface area contributed by atoms with E-state index in [2.05, 4.69) is 5.32 Å². The maximum atomic E-state index is 13.9. The smallest absolute Gasteiger partial charge is 0.313 e. The third-order valence-corrected chi connectivity index (χ3v) is 7.32. The van der Waals surface area contributed by atoms with Crippen molar-refractivity contribution in [3.63, 3.8) is 0 Å². The average molecular weight is 553 g/mol. The zero-order valence-corrected chi connectivity index (χ0v) is 23.4. The molecule has 1 aromatic heterocycles. The number of urea groups is 1. The first-order valence-corrected chi connectivity index (χ1v) is 13.2. The van der Waals surface area contributed by atoms with Crippen molar-refractivity contribution in [1.82, 2.24) is 19.4 Å². The predicted molar refractivity (Wildman–Crippen MR) is 156 cm³/mol. The number of para-hydroxylation sites is 2. The van der Waals surface area contributed by atoms with Crippen molar-refractivity contribution in [1.29, 1.82) is 0 Å². The first-order valence-electron chi connectivity index (χ1n) is 12.5. The van der Waals surface area contributed by atoms with Crippen LogP contribution in [0.25, 0.3) is 16.6 Å². The number of carbonyl (C=O) groups excluding carboxylic acids is 1. The minimum absolute atomic E-state index is 0.177. The Labute approximate surface area is 232 Å². The summed E-state index contributed by atoms with van der Waals surface area (Å²) in [7, 11) is 3.88. The van der Waals surface area contributed by atoms with Crippen molar-refractivity contribution < 1.29 is 4.79 Å². The minimum Gasteiger partial charge on any atom is -0.313 e. The molecule has 0 saturated heterocycles. The summed E-state index contributed by atoms with van der Waals surface area (Å²) in [4.78, 5) is 36.2. The number of amides is 2. The molecule has 4 aromatic rings. The fourth-order valence-corrected chi connectivity index (χ4v) is 4.74. The highest BCUT2D eigenvalue weighted by Crippen LogP contribution is 2.31. The van der Waals surface area contributed by atoms with E-state index in [4.69, 9.17) is 28.2 Å². The molecule has 1 unspecified atom stereocenters. The fourth-order valence-electron chi connectivity index (χ4n) is 4.40. The van der Waals surface area contributed by atoms with Gasteiger partial charge in [-0.1, -0.05) is 66.5 Å². The van der Waals surface area contributed by atoms with Crippen LogP contribution in [-0.4, -0.2) is 52.6 Å². The molecule has 7 nitrogen and oxygen atoms in total. The number of rotatable bonds is 8. The zero-order chi connectivity index (χ0) is 27.4. The molecule has 1 N–H and O–H groups in total. The molecule has 9 heteroatoms. The van der Waals surface area contributed by atoms with Gasteiger partial charge in [0.25, 0.3) is 5.56 Å². The van der Waals surface area contributed by atoms with Gasteiger partial charge in [0.2, 0.25) is 0 Å². The molecule has 38 heavy (non-hydrogen) atoms. The monoisotopic (exact) mass is 551 g/mol. The van der Waals surface area contributed by atoms with Crippen LogP contribution < -0.4 is 10.9 Å². The number of carbonyl (C=O) groups is 1. The predicted octanol–water partition coefficient (Wildman–Crippen LogP) is 6.41. The molecule has 0 aliphatic rings. The number of nitrogens with one attached hydrogen (secondary N) is 1. The highest BCUT2D eigenvalue weighted by Gasteiger charge is 2.28. The molecule has 0 spiro atoms. The van der Waals surface area contributed by atoms with Gasteiger partial charge in [0.05, 0.1) is 38.4 Å². The highest BCUT2D eigenvalue weighted by atomic mass is 35.5. The number of halogens is 2. The lowest BCUT2D eigenvalue weighted by Gasteiger charge is -2.32. The molecular weight excluding hydrogens is 521 g/mol. The standard InChI is InChI=1S/C29H31Cl2N5O2/c1-5-20-11-6-9-16-25(20)36-27(32-23-14-8-7-12-21(23)28(36)37)19(2)35(18-17-34(3)4)29(38)33-24-15-10-13-22(30)26(24)31/h6-16,19H,5,17-18H2,1-4H3,(H,33,38). The van der Waals surface area contributed by atoms with E-state index < -0.39 is 6.04 Å². The van der Waals surface area contributed by atoms with E-state index in [9.17, 15) is 9.59 Å². The van der Waals surface area contributed by atoms with Gasteiger partial charge in [-0.2, -0.15) is 0 Å². The lowest BCUT2D eigenvalue weighted by atomic mass is 10.1. The molecule has 1 atom stereocenters. The van der Waals surface area contributed by atoms with Crippen LogP contribution in [0.15, 0.2) is 71.5 Å². The third kappa shape index (κ3) is 5.70. The molecule has 0 bridgehead atoms. The van der Waals surface area contributed by atoms with Gasteiger partial charge in [-0.05, 0) is 63.3 Å². The minimum atomic E-state index is -0.560. The van der Waals surface area contributed by atoms with Crippen LogP contribution in [0.4, 0.5) is 10.5 Å². The van der Waals surface area contributed by atoms with Gasteiger partial charge in [0.15, 0.2) is 0 Å². The van der Waals surface area contributed by atoms with Crippen LogP contribution in [-0.2, 0) is 6.42 Å². The van der Waals surface area contributed by atoms with Crippen LogP contribution in [0, 0.1) is 0 Å². The number of anilines is 1. The quantitative estimate of drug-likeness (QED) is 0.274. The number of hydrogen-bond donors (Lipinski definition) is 1. The zero-order valence-electron chi connectivity index (χ0n) is 21.9. The van der Waals surface area contributed by atoms with Crippen molar-refractivity contribution in [2.45, 2.75) is 26.3 Å². The second-order valence-corrected chi connectivity index (χ2v) is 10.1. The number of fused-ring (bicyclic) bond motifs is 1. The van der Waals surface area contributed by atoms with E-state index in [0.29, 0.717) is 40.5 Å². The van der Waals surface area contributed by atoms with Crippen molar-refractivity contribution in [2.75, 3.05) is 32.5 Å². The molecule has 0 saturated carbocycles. The molecule has 1 heterocycles. The first kappa shape index (κ1) is 27.6. The average Bonchev–Trinajstić information content (AvgIpc) is 2.91. The summed E-state index contributed by atoms with van der Waals surface area (Å²) in [5, 5.41) is 4.02. The van der Waals surface area contributed by atoms with Gasteiger partial charge >= 0.3 is 6.03 Å².